The second kappa shape index (κ2) is 9.44. The van der Waals surface area contributed by atoms with Crippen LogP contribution in [0.1, 0.15) is 23.3 Å². The molecule has 0 spiro atoms. The van der Waals surface area contributed by atoms with E-state index in [-0.39, 0.29) is 102 Å². The molecule has 0 N–H and O–H groups in total. The third-order valence-electron chi connectivity index (χ3n) is 7.65. The van der Waals surface area contributed by atoms with Gasteiger partial charge in [-0.15, -0.1) is 0 Å². The molecule has 0 bridgehead atoms. The summed E-state index contributed by atoms with van der Waals surface area (Å²) in [5, 5.41) is 0.915. The third kappa shape index (κ3) is 3.79. The summed E-state index contributed by atoms with van der Waals surface area (Å²) in [7, 11) is 0. The molecular formula is C42H26O. The maximum Gasteiger partial charge on any atom is 0.135 e. The highest BCUT2D eigenvalue weighted by atomic mass is 16.3. The molecule has 0 fully saturated rings. The molecule has 1 heterocycles. The van der Waals surface area contributed by atoms with Gasteiger partial charge in [0.1, 0.15) is 11.2 Å². The topological polar surface area (TPSA) is 13.1 Å². The Hall–Kier alpha value is -5.66. The van der Waals surface area contributed by atoms with Crippen molar-refractivity contribution in [3.05, 3.63) is 157 Å². The monoisotopic (exact) mass is 563 g/mol. The zero-order valence-electron chi connectivity index (χ0n) is 39.1. The molecule has 0 aliphatic heterocycles. The highest BCUT2D eigenvalue weighted by molar-refractivity contribution is 6.21. The maximum atomic E-state index is 9.35. The van der Waals surface area contributed by atoms with Crippen molar-refractivity contribution in [2.75, 3.05) is 0 Å². The summed E-state index contributed by atoms with van der Waals surface area (Å²) in [6.07, 6.45) is 0. The molecule has 0 aliphatic carbocycles. The zero-order valence-corrected chi connectivity index (χ0v) is 22.1. The molecule has 0 saturated heterocycles. The molecule has 0 atom stereocenters. The van der Waals surface area contributed by atoms with Crippen LogP contribution in [0, 0.1) is 0 Å². The van der Waals surface area contributed by atoms with E-state index in [1.807, 2.05) is 0 Å². The van der Waals surface area contributed by atoms with E-state index in [0.29, 0.717) is 27.5 Å². The minimum atomic E-state index is -0.625. The first-order chi connectivity index (χ1) is 28.3. The molecule has 0 radical (unpaired) electrons. The summed E-state index contributed by atoms with van der Waals surface area (Å²) in [4.78, 5) is 0. The fourth-order valence-corrected chi connectivity index (χ4v) is 5.72. The Kier molecular flexibility index (Phi) is 2.79. The standard InChI is InChI=1S/C42H26O/c1-2-10-30-25-32(22-19-27(30)9-1)42-36-14-5-3-12-34(36)41(35-13-4-6-15-37(35)42)29-20-17-28(18-21-29)31-23-24-40-38(26-31)33-11-7-8-16-39(33)43-40/h1-26H/i1D,2D,3D,4D,5D,6D,7D,8D,9D,10D,11D,16D,19D,22D,23D,24D,25D. The lowest BCUT2D eigenvalue weighted by Crippen LogP contribution is -1.91. The van der Waals surface area contributed by atoms with Crippen LogP contribution in [0.5, 0.6) is 0 Å². The van der Waals surface area contributed by atoms with Crippen molar-refractivity contribution in [3.63, 3.8) is 0 Å². The number of benzene rings is 8. The lowest BCUT2D eigenvalue weighted by molar-refractivity contribution is 0.669. The Bertz CT molecular complexity index is 3380. The normalized spacial score (nSPS) is 17.3. The van der Waals surface area contributed by atoms with Gasteiger partial charge in [0.15, 0.2) is 0 Å². The number of hydrogen-bond acceptors (Lipinski definition) is 1. The molecule has 0 aliphatic rings. The highest BCUT2D eigenvalue weighted by Gasteiger charge is 2.17. The molecule has 8 aromatic carbocycles. The van der Waals surface area contributed by atoms with Crippen LogP contribution in [0.15, 0.2) is 162 Å². The molecule has 1 aromatic heterocycles. The lowest BCUT2D eigenvalue weighted by atomic mass is 9.85. The van der Waals surface area contributed by atoms with E-state index in [0.717, 1.165) is 0 Å². The first-order valence-electron chi connectivity index (χ1n) is 21.9. The minimum Gasteiger partial charge on any atom is -0.456 e. The van der Waals surface area contributed by atoms with E-state index in [1.54, 1.807) is 30.3 Å². The number of fused-ring (bicyclic) bond motifs is 6. The van der Waals surface area contributed by atoms with Crippen LogP contribution in [-0.2, 0) is 0 Å². The second-order valence-electron chi connectivity index (χ2n) is 9.99. The second-order valence-corrected chi connectivity index (χ2v) is 9.99. The van der Waals surface area contributed by atoms with Gasteiger partial charge in [-0.25, -0.2) is 0 Å². The molecule has 9 aromatic rings. The van der Waals surface area contributed by atoms with E-state index in [4.69, 9.17) is 25.0 Å². The highest BCUT2D eigenvalue weighted by Crippen LogP contribution is 2.44. The van der Waals surface area contributed by atoms with Crippen LogP contribution in [0.3, 0.4) is 0 Å². The van der Waals surface area contributed by atoms with Crippen molar-refractivity contribution >= 4 is 54.3 Å². The zero-order chi connectivity index (χ0) is 43.1. The Morgan fingerprint density at radius 2 is 0.930 bits per heavy atom. The smallest absolute Gasteiger partial charge is 0.135 e. The van der Waals surface area contributed by atoms with E-state index in [1.165, 1.54) is 24.3 Å². The number of para-hydroxylation sites is 1. The number of furan rings is 1. The van der Waals surface area contributed by atoms with Crippen LogP contribution in [0.4, 0.5) is 0 Å². The summed E-state index contributed by atoms with van der Waals surface area (Å²) in [5.74, 6) is 0. The van der Waals surface area contributed by atoms with Crippen molar-refractivity contribution in [1.82, 2.24) is 0 Å². The maximum absolute atomic E-state index is 9.35. The third-order valence-corrected chi connectivity index (χ3v) is 7.65. The SMILES string of the molecule is [2H]c1cc2c(-c3ccc(-c4cc5c(oc6c([2H])c([2H])c([2H])c([2H])c65)c([2H])c4[2H])cc3)c3cc([2H])c([2H])cc3c(-c3c([2H])c([2H])c4c([2H])c([2H])c([2H])c([2H])c4c3[2H])c2cc1[2H]. The van der Waals surface area contributed by atoms with Gasteiger partial charge in [-0.05, 0) is 89.9 Å². The van der Waals surface area contributed by atoms with Gasteiger partial charge in [0.2, 0.25) is 0 Å². The molecule has 0 saturated carbocycles. The molecule has 200 valence electrons. The number of rotatable bonds is 3. The Balaban J connectivity index is 1.34. The quantitative estimate of drug-likeness (QED) is 0.195. The largest absolute Gasteiger partial charge is 0.456 e. The van der Waals surface area contributed by atoms with Crippen molar-refractivity contribution < 1.29 is 27.7 Å². The predicted molar refractivity (Wildman–Crippen MR) is 183 cm³/mol. The Morgan fingerprint density at radius 1 is 0.372 bits per heavy atom. The summed E-state index contributed by atoms with van der Waals surface area (Å²) >= 11 is 0. The summed E-state index contributed by atoms with van der Waals surface area (Å²) in [5.41, 5.74) is 1.43. The van der Waals surface area contributed by atoms with Gasteiger partial charge in [-0.3, -0.25) is 0 Å². The van der Waals surface area contributed by atoms with E-state index < -0.39 is 60.4 Å². The van der Waals surface area contributed by atoms with Gasteiger partial charge in [0.25, 0.3) is 0 Å². The lowest BCUT2D eigenvalue weighted by Gasteiger charge is -2.18. The number of hydrogen-bond donors (Lipinski definition) is 0. The average Bonchev–Trinajstić information content (AvgIpc) is 3.61. The van der Waals surface area contributed by atoms with Crippen molar-refractivity contribution in [3.8, 4) is 33.4 Å². The molecule has 1 nitrogen and oxygen atoms in total. The van der Waals surface area contributed by atoms with Crippen molar-refractivity contribution in [2.45, 2.75) is 0 Å². The van der Waals surface area contributed by atoms with Crippen molar-refractivity contribution in [1.29, 1.82) is 0 Å². The van der Waals surface area contributed by atoms with Gasteiger partial charge in [-0.1, -0.05) is 133 Å². The van der Waals surface area contributed by atoms with Crippen LogP contribution in [-0.4, -0.2) is 0 Å². The first kappa shape index (κ1) is 12.7. The molecule has 43 heavy (non-hydrogen) atoms. The van der Waals surface area contributed by atoms with Gasteiger partial charge in [-0.2, -0.15) is 0 Å². The Morgan fingerprint density at radius 3 is 1.65 bits per heavy atom. The van der Waals surface area contributed by atoms with Crippen LogP contribution in [0.2, 0.25) is 0 Å². The van der Waals surface area contributed by atoms with E-state index in [9.17, 15) is 2.74 Å². The predicted octanol–water partition coefficient (Wildman–Crippen LogP) is 12.0. The van der Waals surface area contributed by atoms with Gasteiger partial charge >= 0.3 is 0 Å². The minimum absolute atomic E-state index is 0.0590. The molecule has 0 amide bonds. The van der Waals surface area contributed by atoms with Crippen LogP contribution >= 0.6 is 0 Å². The summed E-state index contributed by atoms with van der Waals surface area (Å²) < 4.78 is 152. The average molecular weight is 564 g/mol. The van der Waals surface area contributed by atoms with Gasteiger partial charge < -0.3 is 4.42 Å². The van der Waals surface area contributed by atoms with Gasteiger partial charge in [0.05, 0.1) is 23.3 Å². The fraction of sp³-hybridized carbons (Fsp3) is 0. The molecule has 0 unspecified atom stereocenters. The fourth-order valence-electron chi connectivity index (χ4n) is 5.72. The Labute approximate surface area is 273 Å². The first-order valence-corrected chi connectivity index (χ1v) is 13.4. The molecule has 9 rings (SSSR count). The summed E-state index contributed by atoms with van der Waals surface area (Å²) in [6.45, 7) is 0. The van der Waals surface area contributed by atoms with Crippen LogP contribution < -0.4 is 0 Å². The van der Waals surface area contributed by atoms with E-state index in [2.05, 4.69) is 0 Å². The van der Waals surface area contributed by atoms with E-state index >= 15 is 0 Å². The summed E-state index contributed by atoms with van der Waals surface area (Å²) in [6, 6.07) is 6.89. The molecule has 1 heteroatoms. The van der Waals surface area contributed by atoms with Gasteiger partial charge in [0, 0.05) is 10.8 Å². The molecular weight excluding hydrogens is 520 g/mol. The van der Waals surface area contributed by atoms with Crippen LogP contribution in [0.25, 0.3) is 87.6 Å². The van der Waals surface area contributed by atoms with Crippen molar-refractivity contribution in [2.24, 2.45) is 0 Å².